The molecule has 1 aromatic carbocycles. The number of piperidine rings is 1. The number of carbonyl (C=O) groups excluding carboxylic acids is 1. The second-order valence-electron chi connectivity index (χ2n) is 7.44. The zero-order chi connectivity index (χ0) is 20.6. The summed E-state index contributed by atoms with van der Waals surface area (Å²) in [6, 6.07) is 14.1. The van der Waals surface area contributed by atoms with Gasteiger partial charge in [0.2, 0.25) is 5.91 Å². The summed E-state index contributed by atoms with van der Waals surface area (Å²) in [6.45, 7) is 8.24. The summed E-state index contributed by atoms with van der Waals surface area (Å²) < 4.78 is 0. The van der Waals surface area contributed by atoms with E-state index in [2.05, 4.69) is 58.2 Å². The lowest BCUT2D eigenvalue weighted by atomic mass is 9.96. The first kappa shape index (κ1) is 20.7. The normalized spacial score (nSPS) is 14.3. The molecule has 0 saturated carbocycles. The van der Waals surface area contributed by atoms with Crippen LogP contribution >= 0.6 is 0 Å². The third kappa shape index (κ3) is 5.26. The van der Waals surface area contributed by atoms with Gasteiger partial charge in [-0.15, -0.1) is 0 Å². The molecule has 1 N–H and O–H groups in total. The van der Waals surface area contributed by atoms with Gasteiger partial charge in [0.15, 0.2) is 0 Å². The number of aromatic nitrogens is 1. The Kier molecular flexibility index (Phi) is 7.07. The molecule has 0 aliphatic carbocycles. The molecule has 0 spiro atoms. The van der Waals surface area contributed by atoms with Crippen LogP contribution < -0.4 is 15.1 Å². The van der Waals surface area contributed by atoms with E-state index in [1.807, 2.05) is 12.1 Å². The molecule has 152 valence electrons. The molecule has 1 aromatic heterocycles. The maximum Gasteiger partial charge on any atom is 0.223 e. The predicted molar refractivity (Wildman–Crippen MR) is 116 cm³/mol. The molecular formula is C23H29N5O. The van der Waals surface area contributed by atoms with Crippen LogP contribution in [0.5, 0.6) is 0 Å². The average Bonchev–Trinajstić information content (AvgIpc) is 2.77. The van der Waals surface area contributed by atoms with Crippen LogP contribution in [0.1, 0.15) is 30.9 Å². The summed E-state index contributed by atoms with van der Waals surface area (Å²) in [5.41, 5.74) is 3.05. The molecule has 6 heteroatoms. The van der Waals surface area contributed by atoms with Crippen molar-refractivity contribution in [1.29, 1.82) is 5.26 Å². The van der Waals surface area contributed by atoms with Crippen molar-refractivity contribution in [1.82, 2.24) is 10.3 Å². The number of para-hydroxylation sites is 1. The van der Waals surface area contributed by atoms with E-state index in [-0.39, 0.29) is 11.8 Å². The number of benzene rings is 1. The fourth-order valence-electron chi connectivity index (χ4n) is 3.84. The number of hydrogen-bond acceptors (Lipinski definition) is 5. The number of nitrogens with zero attached hydrogens (tertiary/aromatic N) is 4. The zero-order valence-electron chi connectivity index (χ0n) is 17.3. The Balaban J connectivity index is 1.45. The number of carbonyl (C=O) groups is 1. The number of nitriles is 1. The van der Waals surface area contributed by atoms with E-state index in [4.69, 9.17) is 5.26 Å². The van der Waals surface area contributed by atoms with Gasteiger partial charge in [0.1, 0.15) is 11.9 Å². The number of aryl methyl sites for hydroxylation is 1. The molecule has 29 heavy (non-hydrogen) atoms. The van der Waals surface area contributed by atoms with Crippen molar-refractivity contribution in [2.75, 3.05) is 42.5 Å². The van der Waals surface area contributed by atoms with Crippen molar-refractivity contribution >= 4 is 17.4 Å². The Morgan fingerprint density at radius 2 is 2.03 bits per heavy atom. The maximum absolute atomic E-state index is 12.6. The Morgan fingerprint density at radius 1 is 1.28 bits per heavy atom. The van der Waals surface area contributed by atoms with Crippen LogP contribution in [0.3, 0.4) is 0 Å². The van der Waals surface area contributed by atoms with E-state index in [1.165, 1.54) is 11.3 Å². The molecule has 0 bridgehead atoms. The van der Waals surface area contributed by atoms with Crippen LogP contribution in [0, 0.1) is 24.2 Å². The van der Waals surface area contributed by atoms with E-state index in [0.717, 1.165) is 44.8 Å². The summed E-state index contributed by atoms with van der Waals surface area (Å²) in [5, 5.41) is 12.0. The molecule has 2 heterocycles. The third-order valence-electron chi connectivity index (χ3n) is 5.59. The Hall–Kier alpha value is -3.07. The quantitative estimate of drug-likeness (QED) is 0.785. The van der Waals surface area contributed by atoms with Crippen molar-refractivity contribution in [3.8, 4) is 6.07 Å². The third-order valence-corrected chi connectivity index (χ3v) is 5.59. The van der Waals surface area contributed by atoms with Gasteiger partial charge in [0, 0.05) is 50.5 Å². The summed E-state index contributed by atoms with van der Waals surface area (Å²) in [7, 11) is 0. The molecule has 2 aromatic rings. The number of pyridine rings is 1. The van der Waals surface area contributed by atoms with Gasteiger partial charge >= 0.3 is 0 Å². The van der Waals surface area contributed by atoms with Gasteiger partial charge in [-0.1, -0.05) is 18.2 Å². The molecule has 1 amide bonds. The molecule has 1 aliphatic heterocycles. The van der Waals surface area contributed by atoms with Crippen LogP contribution in [-0.2, 0) is 4.79 Å². The van der Waals surface area contributed by atoms with Crippen molar-refractivity contribution in [2.45, 2.75) is 26.7 Å². The minimum Gasteiger partial charge on any atom is -0.370 e. The Morgan fingerprint density at radius 3 is 2.66 bits per heavy atom. The van der Waals surface area contributed by atoms with Gasteiger partial charge in [-0.2, -0.15) is 5.26 Å². The van der Waals surface area contributed by atoms with Crippen LogP contribution in [0.4, 0.5) is 11.5 Å². The summed E-state index contributed by atoms with van der Waals surface area (Å²) >= 11 is 0. The minimum absolute atomic E-state index is 0.0539. The standard InChI is InChI=1S/C23H29N5O/c1-3-27(21-7-5-4-6-18(21)2)15-12-25-23(29)20-10-13-28(14-11-20)22-9-8-19(16-24)17-26-22/h4-9,17,20H,3,10-15H2,1-2H3,(H,25,29). The van der Waals surface area contributed by atoms with Crippen molar-refractivity contribution in [3.05, 3.63) is 53.7 Å². The van der Waals surface area contributed by atoms with Crippen LogP contribution in [0.15, 0.2) is 42.6 Å². The van der Waals surface area contributed by atoms with Gasteiger partial charge in [0.05, 0.1) is 5.56 Å². The first-order chi connectivity index (χ1) is 14.1. The van der Waals surface area contributed by atoms with Gasteiger partial charge < -0.3 is 15.1 Å². The second-order valence-corrected chi connectivity index (χ2v) is 7.44. The topological polar surface area (TPSA) is 72.3 Å². The van der Waals surface area contributed by atoms with Gasteiger partial charge in [-0.05, 0) is 50.5 Å². The summed E-state index contributed by atoms with van der Waals surface area (Å²) in [4.78, 5) is 21.4. The highest BCUT2D eigenvalue weighted by Gasteiger charge is 2.25. The average molecular weight is 392 g/mol. The predicted octanol–water partition coefficient (Wildman–Crippen LogP) is 3.12. The summed E-state index contributed by atoms with van der Waals surface area (Å²) in [5.74, 6) is 1.08. The number of likely N-dealkylation sites (N-methyl/N-ethyl adjacent to an activating group) is 1. The minimum atomic E-state index is 0.0539. The number of anilines is 2. The Labute approximate surface area is 173 Å². The number of rotatable bonds is 7. The molecule has 0 atom stereocenters. The Bertz CT molecular complexity index is 850. The monoisotopic (exact) mass is 391 g/mol. The SMILES string of the molecule is CCN(CCNC(=O)C1CCN(c2ccc(C#N)cn2)CC1)c1ccccc1C. The fraction of sp³-hybridized carbons (Fsp3) is 0.435. The molecule has 1 saturated heterocycles. The number of nitrogens with one attached hydrogen (secondary N) is 1. The van der Waals surface area contributed by atoms with E-state index < -0.39 is 0 Å². The van der Waals surface area contributed by atoms with Crippen LogP contribution in [0.2, 0.25) is 0 Å². The van der Waals surface area contributed by atoms with Crippen molar-refractivity contribution in [2.24, 2.45) is 5.92 Å². The molecule has 1 aliphatic rings. The zero-order valence-corrected chi connectivity index (χ0v) is 17.3. The van der Waals surface area contributed by atoms with Gasteiger partial charge in [-0.25, -0.2) is 4.98 Å². The highest BCUT2D eigenvalue weighted by Crippen LogP contribution is 2.22. The molecule has 6 nitrogen and oxygen atoms in total. The van der Waals surface area contributed by atoms with Crippen LogP contribution in [-0.4, -0.2) is 43.6 Å². The van der Waals surface area contributed by atoms with E-state index in [0.29, 0.717) is 12.1 Å². The highest BCUT2D eigenvalue weighted by molar-refractivity contribution is 5.79. The van der Waals surface area contributed by atoms with Crippen LogP contribution in [0.25, 0.3) is 0 Å². The molecular weight excluding hydrogens is 362 g/mol. The lowest BCUT2D eigenvalue weighted by molar-refractivity contribution is -0.125. The number of hydrogen-bond donors (Lipinski definition) is 1. The van der Waals surface area contributed by atoms with Crippen molar-refractivity contribution in [3.63, 3.8) is 0 Å². The van der Waals surface area contributed by atoms with E-state index in [1.54, 1.807) is 12.3 Å². The first-order valence-electron chi connectivity index (χ1n) is 10.3. The largest absolute Gasteiger partial charge is 0.370 e. The second kappa shape index (κ2) is 9.92. The fourth-order valence-corrected chi connectivity index (χ4v) is 3.84. The molecule has 0 radical (unpaired) electrons. The molecule has 0 unspecified atom stereocenters. The van der Waals surface area contributed by atoms with E-state index >= 15 is 0 Å². The lowest BCUT2D eigenvalue weighted by Gasteiger charge is -2.32. The molecule has 3 rings (SSSR count). The smallest absolute Gasteiger partial charge is 0.223 e. The lowest BCUT2D eigenvalue weighted by Crippen LogP contribution is -2.43. The first-order valence-corrected chi connectivity index (χ1v) is 10.3. The van der Waals surface area contributed by atoms with Gasteiger partial charge in [-0.3, -0.25) is 4.79 Å². The van der Waals surface area contributed by atoms with E-state index in [9.17, 15) is 4.79 Å². The number of amides is 1. The highest BCUT2D eigenvalue weighted by atomic mass is 16.1. The summed E-state index contributed by atoms with van der Waals surface area (Å²) in [6.07, 6.45) is 3.24. The van der Waals surface area contributed by atoms with Crippen molar-refractivity contribution < 1.29 is 4.79 Å². The molecule has 1 fully saturated rings. The maximum atomic E-state index is 12.6. The van der Waals surface area contributed by atoms with Gasteiger partial charge in [0.25, 0.3) is 0 Å².